The lowest BCUT2D eigenvalue weighted by atomic mass is 10.2. The van der Waals surface area contributed by atoms with Gasteiger partial charge in [0.25, 0.3) is 0 Å². The molecular weight excluding hydrogens is 288 g/mol. The van der Waals surface area contributed by atoms with Gasteiger partial charge in [0.15, 0.2) is 0 Å². The molecule has 5 nitrogen and oxygen atoms in total. The van der Waals surface area contributed by atoms with Gasteiger partial charge in [-0.05, 0) is 38.1 Å². The molecule has 23 heavy (non-hydrogen) atoms. The van der Waals surface area contributed by atoms with E-state index in [0.717, 1.165) is 29.6 Å². The number of hydrogen-bond acceptors (Lipinski definition) is 4. The van der Waals surface area contributed by atoms with Crippen molar-refractivity contribution in [1.82, 2.24) is 15.0 Å². The fourth-order valence-corrected chi connectivity index (χ4v) is 2.39. The van der Waals surface area contributed by atoms with Gasteiger partial charge >= 0.3 is 0 Å². The Kier molecular flexibility index (Phi) is 4.57. The minimum Gasteiger partial charge on any atom is -0.456 e. The molecule has 5 heteroatoms. The van der Waals surface area contributed by atoms with Crippen LogP contribution in [0.5, 0.6) is 11.5 Å². The zero-order chi connectivity index (χ0) is 16.1. The van der Waals surface area contributed by atoms with E-state index in [-0.39, 0.29) is 0 Å². The summed E-state index contributed by atoms with van der Waals surface area (Å²) in [4.78, 5) is 13.8. The number of imidazole rings is 1. The number of nitrogens with one attached hydrogen (secondary N) is 1. The van der Waals surface area contributed by atoms with Crippen molar-refractivity contribution >= 4 is 5.69 Å². The average Bonchev–Trinajstić information content (AvgIpc) is 3.07. The number of anilines is 1. The topological polar surface area (TPSA) is 54.0 Å². The van der Waals surface area contributed by atoms with Crippen LogP contribution in [-0.4, -0.2) is 21.0 Å². The third-order valence-electron chi connectivity index (χ3n) is 3.52. The Morgan fingerprint density at radius 1 is 1.13 bits per heavy atom. The average molecular weight is 308 g/mol. The van der Waals surface area contributed by atoms with Crippen molar-refractivity contribution < 1.29 is 4.74 Å². The SMILES string of the molecule is CC(C)N(Cc1ncc[nH]1)c1cccc(Oc2cccnc2)c1. The standard InChI is InChI=1S/C18H20N4O/c1-14(2)22(13-18-20-9-10-21-18)15-5-3-6-16(11-15)23-17-7-4-8-19-12-17/h3-12,14H,13H2,1-2H3,(H,20,21). The van der Waals surface area contributed by atoms with Crippen molar-refractivity contribution in [3.05, 3.63) is 67.0 Å². The molecule has 0 unspecified atom stereocenters. The molecule has 0 saturated heterocycles. The number of pyridine rings is 1. The van der Waals surface area contributed by atoms with E-state index in [1.807, 2.05) is 36.5 Å². The van der Waals surface area contributed by atoms with Crippen LogP contribution < -0.4 is 9.64 Å². The van der Waals surface area contributed by atoms with Crippen molar-refractivity contribution in [3.63, 3.8) is 0 Å². The highest BCUT2D eigenvalue weighted by atomic mass is 16.5. The lowest BCUT2D eigenvalue weighted by molar-refractivity contribution is 0.480. The molecule has 1 aromatic carbocycles. The summed E-state index contributed by atoms with van der Waals surface area (Å²) in [7, 11) is 0. The summed E-state index contributed by atoms with van der Waals surface area (Å²) in [6.45, 7) is 5.05. The van der Waals surface area contributed by atoms with E-state index in [0.29, 0.717) is 6.04 Å². The molecule has 3 aromatic rings. The number of aromatic amines is 1. The van der Waals surface area contributed by atoms with Crippen LogP contribution >= 0.6 is 0 Å². The van der Waals surface area contributed by atoms with Gasteiger partial charge in [-0.25, -0.2) is 4.98 Å². The number of ether oxygens (including phenoxy) is 1. The summed E-state index contributed by atoms with van der Waals surface area (Å²) in [5.74, 6) is 2.46. The number of rotatable bonds is 6. The molecule has 2 heterocycles. The molecule has 0 radical (unpaired) electrons. The van der Waals surface area contributed by atoms with Gasteiger partial charge in [-0.1, -0.05) is 6.07 Å². The molecule has 0 amide bonds. The summed E-state index contributed by atoms with van der Waals surface area (Å²) in [6, 6.07) is 12.2. The summed E-state index contributed by atoms with van der Waals surface area (Å²) in [5.41, 5.74) is 1.10. The van der Waals surface area contributed by atoms with Crippen molar-refractivity contribution in [2.24, 2.45) is 0 Å². The highest BCUT2D eigenvalue weighted by Gasteiger charge is 2.13. The lowest BCUT2D eigenvalue weighted by Gasteiger charge is -2.28. The first-order valence-corrected chi connectivity index (χ1v) is 7.65. The van der Waals surface area contributed by atoms with Crippen LogP contribution in [0.1, 0.15) is 19.7 Å². The molecule has 0 aliphatic rings. The molecule has 118 valence electrons. The Morgan fingerprint density at radius 3 is 2.70 bits per heavy atom. The third kappa shape index (κ3) is 3.88. The van der Waals surface area contributed by atoms with E-state index < -0.39 is 0 Å². The summed E-state index contributed by atoms with van der Waals surface area (Å²) >= 11 is 0. The highest BCUT2D eigenvalue weighted by molar-refractivity contribution is 5.52. The van der Waals surface area contributed by atoms with E-state index in [9.17, 15) is 0 Å². The highest BCUT2D eigenvalue weighted by Crippen LogP contribution is 2.27. The molecule has 0 aliphatic heterocycles. The maximum atomic E-state index is 5.87. The molecule has 0 aliphatic carbocycles. The molecular formula is C18H20N4O. The molecule has 2 aromatic heterocycles. The number of hydrogen-bond donors (Lipinski definition) is 1. The van der Waals surface area contributed by atoms with Crippen molar-refractivity contribution in [1.29, 1.82) is 0 Å². The van der Waals surface area contributed by atoms with Gasteiger partial charge in [0, 0.05) is 36.4 Å². The second-order valence-electron chi connectivity index (χ2n) is 5.55. The van der Waals surface area contributed by atoms with Crippen LogP contribution in [0, 0.1) is 0 Å². The van der Waals surface area contributed by atoms with E-state index in [1.165, 1.54) is 0 Å². The predicted molar refractivity (Wildman–Crippen MR) is 90.7 cm³/mol. The molecule has 0 atom stereocenters. The third-order valence-corrected chi connectivity index (χ3v) is 3.52. The van der Waals surface area contributed by atoms with Crippen LogP contribution in [0.25, 0.3) is 0 Å². The molecule has 1 N–H and O–H groups in total. The van der Waals surface area contributed by atoms with Crippen LogP contribution in [0.3, 0.4) is 0 Å². The summed E-state index contributed by atoms with van der Waals surface area (Å²) in [5, 5.41) is 0. The number of aromatic nitrogens is 3. The minimum absolute atomic E-state index is 0.341. The van der Waals surface area contributed by atoms with Gasteiger partial charge in [0.2, 0.25) is 0 Å². The maximum absolute atomic E-state index is 5.87. The second kappa shape index (κ2) is 6.96. The van der Waals surface area contributed by atoms with Crippen LogP contribution in [0.2, 0.25) is 0 Å². The molecule has 0 spiro atoms. The fourth-order valence-electron chi connectivity index (χ4n) is 2.39. The Bertz CT molecular complexity index is 726. The normalized spacial score (nSPS) is 10.7. The summed E-state index contributed by atoms with van der Waals surface area (Å²) < 4.78 is 5.87. The van der Waals surface area contributed by atoms with Crippen molar-refractivity contribution in [2.75, 3.05) is 4.90 Å². The monoisotopic (exact) mass is 308 g/mol. The Labute approximate surface area is 136 Å². The van der Waals surface area contributed by atoms with Crippen LogP contribution in [0.15, 0.2) is 61.2 Å². The maximum Gasteiger partial charge on any atom is 0.145 e. The van der Waals surface area contributed by atoms with Gasteiger partial charge in [-0.2, -0.15) is 0 Å². The Balaban J connectivity index is 1.81. The molecule has 0 fully saturated rings. The van der Waals surface area contributed by atoms with Crippen LogP contribution in [-0.2, 0) is 6.54 Å². The largest absolute Gasteiger partial charge is 0.456 e. The van der Waals surface area contributed by atoms with E-state index in [4.69, 9.17) is 4.74 Å². The van der Waals surface area contributed by atoms with Gasteiger partial charge in [-0.3, -0.25) is 4.98 Å². The van der Waals surface area contributed by atoms with E-state index >= 15 is 0 Å². The van der Waals surface area contributed by atoms with E-state index in [1.54, 1.807) is 18.6 Å². The Hall–Kier alpha value is -2.82. The zero-order valence-corrected chi connectivity index (χ0v) is 13.3. The zero-order valence-electron chi connectivity index (χ0n) is 13.3. The van der Waals surface area contributed by atoms with E-state index in [2.05, 4.69) is 39.8 Å². The van der Waals surface area contributed by atoms with Gasteiger partial charge in [-0.15, -0.1) is 0 Å². The lowest BCUT2D eigenvalue weighted by Crippen LogP contribution is -2.30. The molecule has 3 rings (SSSR count). The summed E-state index contributed by atoms with van der Waals surface area (Å²) in [6.07, 6.45) is 7.05. The molecule has 0 saturated carbocycles. The number of benzene rings is 1. The number of nitrogens with zero attached hydrogens (tertiary/aromatic N) is 3. The minimum atomic E-state index is 0.341. The smallest absolute Gasteiger partial charge is 0.145 e. The number of H-pyrrole nitrogens is 1. The van der Waals surface area contributed by atoms with Gasteiger partial charge < -0.3 is 14.6 Å². The van der Waals surface area contributed by atoms with Crippen molar-refractivity contribution in [3.8, 4) is 11.5 Å². The predicted octanol–water partition coefficient (Wildman–Crippen LogP) is 4.01. The molecule has 0 bridgehead atoms. The fraction of sp³-hybridized carbons (Fsp3) is 0.222. The van der Waals surface area contributed by atoms with Crippen molar-refractivity contribution in [2.45, 2.75) is 26.4 Å². The first kappa shape index (κ1) is 15.1. The van der Waals surface area contributed by atoms with Gasteiger partial charge in [0.05, 0.1) is 12.7 Å². The first-order chi connectivity index (χ1) is 11.2. The van der Waals surface area contributed by atoms with Crippen LogP contribution in [0.4, 0.5) is 5.69 Å². The Morgan fingerprint density at radius 2 is 2.00 bits per heavy atom. The second-order valence-corrected chi connectivity index (χ2v) is 5.55. The quantitative estimate of drug-likeness (QED) is 0.747. The first-order valence-electron chi connectivity index (χ1n) is 7.65. The van der Waals surface area contributed by atoms with Gasteiger partial charge in [0.1, 0.15) is 17.3 Å².